The van der Waals surface area contributed by atoms with Crippen molar-refractivity contribution in [2.45, 2.75) is 0 Å². The second-order valence-electron chi connectivity index (χ2n) is 2.81. The molecule has 0 fully saturated rings. The van der Waals surface area contributed by atoms with E-state index in [0.29, 0.717) is 5.52 Å². The van der Waals surface area contributed by atoms with Crippen LogP contribution in [0.3, 0.4) is 0 Å². The molecule has 0 atom stereocenters. The van der Waals surface area contributed by atoms with Crippen LogP contribution in [-0.4, -0.2) is 23.6 Å². The maximum absolute atomic E-state index is 11.3. The minimum absolute atomic E-state index is 0.664. The molecule has 0 radical (unpaired) electrons. The Kier molecular flexibility index (Phi) is 1.63. The molecule has 0 saturated heterocycles. The fourth-order valence-electron chi connectivity index (χ4n) is 1.25. The van der Waals surface area contributed by atoms with E-state index < -0.39 is 10.0 Å². The molecule has 0 bridgehead atoms. The zero-order valence-corrected chi connectivity index (χ0v) is 7.82. The standard InChI is InChI=1S/C8H8N2O2S/c1-13(11,12)10-5-3-7-6-9-4-2-8(7)10/h2-6H,1H3. The van der Waals surface area contributed by atoms with Crippen molar-refractivity contribution in [2.75, 3.05) is 6.26 Å². The van der Waals surface area contributed by atoms with Gasteiger partial charge < -0.3 is 0 Å². The van der Waals surface area contributed by atoms with E-state index in [-0.39, 0.29) is 0 Å². The lowest BCUT2D eigenvalue weighted by Gasteiger charge is -1.99. The van der Waals surface area contributed by atoms with E-state index >= 15 is 0 Å². The maximum atomic E-state index is 11.3. The third-order valence-corrected chi connectivity index (χ3v) is 2.85. The van der Waals surface area contributed by atoms with Crippen molar-refractivity contribution in [3.63, 3.8) is 0 Å². The number of hydrogen-bond donors (Lipinski definition) is 0. The minimum Gasteiger partial charge on any atom is -0.264 e. The molecule has 5 heteroatoms. The highest BCUT2D eigenvalue weighted by Crippen LogP contribution is 2.14. The van der Waals surface area contributed by atoms with Crippen molar-refractivity contribution in [3.8, 4) is 0 Å². The van der Waals surface area contributed by atoms with Crippen molar-refractivity contribution in [1.82, 2.24) is 8.96 Å². The molecule has 2 rings (SSSR count). The van der Waals surface area contributed by atoms with Gasteiger partial charge in [-0.1, -0.05) is 0 Å². The SMILES string of the molecule is CS(=O)(=O)n1ccc2cnccc21. The van der Waals surface area contributed by atoms with E-state index in [0.717, 1.165) is 5.39 Å². The van der Waals surface area contributed by atoms with Crippen LogP contribution in [0.1, 0.15) is 0 Å². The molecule has 0 spiro atoms. The Morgan fingerprint density at radius 1 is 1.38 bits per heavy atom. The first-order valence-corrected chi connectivity index (χ1v) is 5.55. The van der Waals surface area contributed by atoms with Crippen LogP contribution in [0.4, 0.5) is 0 Å². The molecule has 2 aromatic rings. The molecule has 2 heterocycles. The van der Waals surface area contributed by atoms with Crippen molar-refractivity contribution in [3.05, 3.63) is 30.7 Å². The molecule has 0 amide bonds. The second-order valence-corrected chi connectivity index (χ2v) is 4.67. The van der Waals surface area contributed by atoms with Crippen LogP contribution in [0.25, 0.3) is 10.9 Å². The smallest absolute Gasteiger partial charge is 0.236 e. The summed E-state index contributed by atoms with van der Waals surface area (Å²) in [7, 11) is -3.20. The average molecular weight is 196 g/mol. The van der Waals surface area contributed by atoms with Crippen molar-refractivity contribution < 1.29 is 8.42 Å². The molecular weight excluding hydrogens is 188 g/mol. The van der Waals surface area contributed by atoms with E-state index in [1.165, 1.54) is 16.4 Å². The van der Waals surface area contributed by atoms with E-state index in [9.17, 15) is 8.42 Å². The average Bonchev–Trinajstić information content (AvgIpc) is 2.45. The number of aromatic nitrogens is 2. The molecule has 0 aromatic carbocycles. The molecule has 4 nitrogen and oxygen atoms in total. The molecule has 0 N–H and O–H groups in total. The highest BCUT2D eigenvalue weighted by molar-refractivity contribution is 7.89. The highest BCUT2D eigenvalue weighted by Gasteiger charge is 2.08. The molecule has 0 saturated carbocycles. The summed E-state index contributed by atoms with van der Waals surface area (Å²) in [6.45, 7) is 0. The van der Waals surface area contributed by atoms with Gasteiger partial charge in [-0.2, -0.15) is 0 Å². The van der Waals surface area contributed by atoms with Crippen LogP contribution >= 0.6 is 0 Å². The van der Waals surface area contributed by atoms with Crippen molar-refractivity contribution >= 4 is 20.9 Å². The highest BCUT2D eigenvalue weighted by atomic mass is 32.2. The second kappa shape index (κ2) is 2.56. The zero-order chi connectivity index (χ0) is 9.47. The lowest BCUT2D eigenvalue weighted by atomic mass is 10.3. The third-order valence-electron chi connectivity index (χ3n) is 1.81. The first-order valence-electron chi connectivity index (χ1n) is 3.71. The summed E-state index contributed by atoms with van der Waals surface area (Å²) in [4.78, 5) is 3.90. The lowest BCUT2D eigenvalue weighted by Crippen LogP contribution is -2.07. The van der Waals surface area contributed by atoms with Crippen LogP contribution in [0.5, 0.6) is 0 Å². The van der Waals surface area contributed by atoms with Crippen LogP contribution in [0.15, 0.2) is 30.7 Å². The van der Waals surface area contributed by atoms with Gasteiger partial charge in [-0.05, 0) is 12.1 Å². The van der Waals surface area contributed by atoms with Gasteiger partial charge in [0.2, 0.25) is 10.0 Å². The summed E-state index contributed by atoms with van der Waals surface area (Å²) in [5.41, 5.74) is 0.664. The summed E-state index contributed by atoms with van der Waals surface area (Å²) in [5.74, 6) is 0. The van der Waals surface area contributed by atoms with Crippen LogP contribution in [0.2, 0.25) is 0 Å². The van der Waals surface area contributed by atoms with Crippen molar-refractivity contribution in [2.24, 2.45) is 0 Å². The summed E-state index contributed by atoms with van der Waals surface area (Å²) in [6.07, 6.45) is 5.91. The van der Waals surface area contributed by atoms with Crippen LogP contribution < -0.4 is 0 Å². The zero-order valence-electron chi connectivity index (χ0n) is 7.01. The van der Waals surface area contributed by atoms with Gasteiger partial charge >= 0.3 is 0 Å². The molecule has 2 aromatic heterocycles. The third kappa shape index (κ3) is 1.31. The monoisotopic (exact) mass is 196 g/mol. The van der Waals surface area contributed by atoms with E-state index in [1.807, 2.05) is 0 Å². The predicted molar refractivity (Wildman–Crippen MR) is 50.0 cm³/mol. The van der Waals surface area contributed by atoms with Gasteiger partial charge in [0.25, 0.3) is 0 Å². The molecule has 68 valence electrons. The van der Waals surface area contributed by atoms with Gasteiger partial charge in [0.15, 0.2) is 0 Å². The molecule has 0 unspecified atom stereocenters. The van der Waals surface area contributed by atoms with Gasteiger partial charge in [0.1, 0.15) is 0 Å². The Morgan fingerprint density at radius 2 is 2.15 bits per heavy atom. The van der Waals surface area contributed by atoms with Gasteiger partial charge in [0, 0.05) is 24.0 Å². The molecule has 13 heavy (non-hydrogen) atoms. The minimum atomic E-state index is -3.20. The molecule has 0 aliphatic heterocycles. The first kappa shape index (κ1) is 8.25. The normalized spacial score (nSPS) is 12.1. The largest absolute Gasteiger partial charge is 0.264 e. The molecule has 0 aliphatic rings. The number of hydrogen-bond acceptors (Lipinski definition) is 3. The molecule has 0 aliphatic carbocycles. The van der Waals surface area contributed by atoms with Gasteiger partial charge in [0.05, 0.1) is 11.8 Å². The Morgan fingerprint density at radius 3 is 2.85 bits per heavy atom. The van der Waals surface area contributed by atoms with Gasteiger partial charge in [-0.15, -0.1) is 0 Å². The Hall–Kier alpha value is -1.36. The van der Waals surface area contributed by atoms with Gasteiger partial charge in [-0.3, -0.25) is 4.98 Å². The maximum Gasteiger partial charge on any atom is 0.236 e. The Bertz CT molecular complexity index is 542. The van der Waals surface area contributed by atoms with Gasteiger partial charge in [-0.25, -0.2) is 12.4 Å². The summed E-state index contributed by atoms with van der Waals surface area (Å²) >= 11 is 0. The predicted octanol–water partition coefficient (Wildman–Crippen LogP) is 0.844. The van der Waals surface area contributed by atoms with E-state index in [2.05, 4.69) is 4.98 Å². The van der Waals surface area contributed by atoms with Crippen LogP contribution in [0, 0.1) is 0 Å². The van der Waals surface area contributed by atoms with E-state index in [4.69, 9.17) is 0 Å². The fourth-order valence-corrected chi connectivity index (χ4v) is 2.05. The summed E-state index contributed by atoms with van der Waals surface area (Å²) < 4.78 is 23.7. The summed E-state index contributed by atoms with van der Waals surface area (Å²) in [5, 5.41) is 0.827. The topological polar surface area (TPSA) is 52.0 Å². The molecular formula is C8H8N2O2S. The Labute approximate surface area is 75.9 Å². The van der Waals surface area contributed by atoms with Crippen LogP contribution in [-0.2, 0) is 10.0 Å². The lowest BCUT2D eigenvalue weighted by molar-refractivity contribution is 0.595. The quantitative estimate of drug-likeness (QED) is 0.679. The Balaban J connectivity index is 2.87. The van der Waals surface area contributed by atoms with E-state index in [1.54, 1.807) is 24.5 Å². The number of fused-ring (bicyclic) bond motifs is 1. The fraction of sp³-hybridized carbons (Fsp3) is 0.125. The number of nitrogens with zero attached hydrogens (tertiary/aromatic N) is 2. The van der Waals surface area contributed by atoms with Crippen molar-refractivity contribution in [1.29, 1.82) is 0 Å². The number of rotatable bonds is 1. The first-order chi connectivity index (χ1) is 6.09. The summed E-state index contributed by atoms with van der Waals surface area (Å²) in [6, 6.07) is 3.40. The number of pyridine rings is 1.